The van der Waals surface area contributed by atoms with Gasteiger partial charge in [-0.25, -0.2) is 9.98 Å². The van der Waals surface area contributed by atoms with Gasteiger partial charge in [-0.15, -0.1) is 0 Å². The number of hydrogen-bond acceptors (Lipinski definition) is 4. The van der Waals surface area contributed by atoms with E-state index in [-0.39, 0.29) is 0 Å². The zero-order chi connectivity index (χ0) is 36.3. The Hall–Kier alpha value is -7.30. The Labute approximate surface area is 317 Å². The maximum atomic E-state index is 6.60. The van der Waals surface area contributed by atoms with Gasteiger partial charge in [-0.3, -0.25) is 0 Å². The summed E-state index contributed by atoms with van der Waals surface area (Å²) < 4.78 is 6.60. The van der Waals surface area contributed by atoms with Crippen LogP contribution in [0.25, 0.3) is 76.5 Å². The second-order valence-corrected chi connectivity index (χ2v) is 14.2. The molecule has 0 aliphatic carbocycles. The highest BCUT2D eigenvalue weighted by atomic mass is 16.3. The fourth-order valence-electron chi connectivity index (χ4n) is 8.29. The second-order valence-electron chi connectivity index (χ2n) is 14.2. The summed E-state index contributed by atoms with van der Waals surface area (Å²) in [4.78, 5) is 10.7. The standard InChI is InChI=1S/C51H33N3O/c1-3-12-32(13-4-1)36-17-9-18-37(30-36)38-27-29-43-46(31-38)55-45-23-11-22-44(48(43)45)51-53-49(35-15-5-2-6-16-35)52-50(54-51)42-21-10-20-41-40(42)28-26-34-25-24-33-14-7-8-19-39(33)47(34)41/h1-31,50H,(H,52,53,54). The lowest BCUT2D eigenvalue weighted by Crippen LogP contribution is -2.36. The van der Waals surface area contributed by atoms with Crippen LogP contribution in [0.4, 0.5) is 0 Å². The molecule has 4 nitrogen and oxygen atoms in total. The third-order valence-corrected chi connectivity index (χ3v) is 10.9. The largest absolute Gasteiger partial charge is 0.456 e. The molecule has 10 aromatic rings. The first-order valence-electron chi connectivity index (χ1n) is 18.7. The Bertz CT molecular complexity index is 3180. The first-order chi connectivity index (χ1) is 27.2. The Morgan fingerprint density at radius 2 is 1.02 bits per heavy atom. The molecule has 55 heavy (non-hydrogen) atoms. The van der Waals surface area contributed by atoms with Gasteiger partial charge in [-0.05, 0) is 78.8 Å². The highest BCUT2D eigenvalue weighted by Gasteiger charge is 2.25. The zero-order valence-corrected chi connectivity index (χ0v) is 29.8. The minimum absolute atomic E-state index is 0.473. The second kappa shape index (κ2) is 12.7. The Morgan fingerprint density at radius 3 is 1.89 bits per heavy atom. The molecule has 0 radical (unpaired) electrons. The Kier molecular flexibility index (Phi) is 7.20. The van der Waals surface area contributed by atoms with Crippen molar-refractivity contribution in [2.24, 2.45) is 9.98 Å². The van der Waals surface area contributed by atoms with E-state index in [2.05, 4.69) is 157 Å². The third kappa shape index (κ3) is 5.30. The van der Waals surface area contributed by atoms with Crippen molar-refractivity contribution in [2.45, 2.75) is 6.17 Å². The van der Waals surface area contributed by atoms with Gasteiger partial charge in [0.15, 0.2) is 6.17 Å². The Morgan fingerprint density at radius 1 is 0.382 bits per heavy atom. The van der Waals surface area contributed by atoms with E-state index in [0.29, 0.717) is 0 Å². The molecule has 1 unspecified atom stereocenters. The van der Waals surface area contributed by atoms with E-state index in [4.69, 9.17) is 14.4 Å². The average Bonchev–Trinajstić information content (AvgIpc) is 3.65. The van der Waals surface area contributed by atoms with Crippen molar-refractivity contribution in [3.05, 3.63) is 205 Å². The van der Waals surface area contributed by atoms with Gasteiger partial charge in [0, 0.05) is 27.5 Å². The molecular weight excluding hydrogens is 671 g/mol. The van der Waals surface area contributed by atoms with Gasteiger partial charge in [0.05, 0.1) is 0 Å². The molecule has 2 heterocycles. The average molecular weight is 704 g/mol. The minimum Gasteiger partial charge on any atom is -0.456 e. The first-order valence-corrected chi connectivity index (χ1v) is 18.7. The van der Waals surface area contributed by atoms with Crippen molar-refractivity contribution < 1.29 is 4.42 Å². The normalized spacial score (nSPS) is 14.4. The number of benzene rings is 9. The molecule has 11 rings (SSSR count). The predicted octanol–water partition coefficient (Wildman–Crippen LogP) is 12.9. The van der Waals surface area contributed by atoms with E-state index < -0.39 is 6.17 Å². The van der Waals surface area contributed by atoms with Crippen LogP contribution in [-0.2, 0) is 0 Å². The summed E-state index contributed by atoms with van der Waals surface area (Å²) in [6.07, 6.45) is -0.473. The number of hydrogen-bond donors (Lipinski definition) is 1. The van der Waals surface area contributed by atoms with Gasteiger partial charge in [-0.2, -0.15) is 0 Å². The van der Waals surface area contributed by atoms with Gasteiger partial charge in [0.25, 0.3) is 0 Å². The first kappa shape index (κ1) is 31.2. The minimum atomic E-state index is -0.473. The highest BCUT2D eigenvalue weighted by molar-refractivity contribution is 6.24. The molecule has 1 N–H and O–H groups in total. The van der Waals surface area contributed by atoms with Crippen molar-refractivity contribution in [3.63, 3.8) is 0 Å². The number of nitrogens with one attached hydrogen (secondary N) is 1. The summed E-state index contributed by atoms with van der Waals surface area (Å²) in [6, 6.07) is 66.3. The molecule has 1 aliphatic heterocycles. The maximum absolute atomic E-state index is 6.60. The van der Waals surface area contributed by atoms with Crippen LogP contribution in [-0.4, -0.2) is 11.7 Å². The van der Waals surface area contributed by atoms with Gasteiger partial charge in [0.2, 0.25) is 0 Å². The van der Waals surface area contributed by atoms with Crippen LogP contribution in [0.5, 0.6) is 0 Å². The van der Waals surface area contributed by atoms with Crippen molar-refractivity contribution in [3.8, 4) is 22.3 Å². The summed E-state index contributed by atoms with van der Waals surface area (Å²) in [5.41, 5.74) is 9.32. The maximum Gasteiger partial charge on any atom is 0.170 e. The molecule has 0 saturated heterocycles. The number of rotatable bonds is 5. The smallest absolute Gasteiger partial charge is 0.170 e. The van der Waals surface area contributed by atoms with Gasteiger partial charge in [0.1, 0.15) is 22.8 Å². The molecule has 1 atom stereocenters. The van der Waals surface area contributed by atoms with E-state index in [9.17, 15) is 0 Å². The van der Waals surface area contributed by atoms with Crippen molar-refractivity contribution in [2.75, 3.05) is 0 Å². The summed E-state index contributed by atoms with van der Waals surface area (Å²) in [5, 5.41) is 13.0. The number of nitrogens with zero attached hydrogens (tertiary/aromatic N) is 2. The fourth-order valence-corrected chi connectivity index (χ4v) is 8.29. The van der Waals surface area contributed by atoms with Crippen molar-refractivity contribution >= 4 is 65.9 Å². The van der Waals surface area contributed by atoms with Gasteiger partial charge >= 0.3 is 0 Å². The van der Waals surface area contributed by atoms with Crippen LogP contribution >= 0.6 is 0 Å². The molecule has 0 amide bonds. The lowest BCUT2D eigenvalue weighted by molar-refractivity contribution is 0.669. The number of furan rings is 1. The molecule has 0 spiro atoms. The summed E-state index contributed by atoms with van der Waals surface area (Å²) in [6.45, 7) is 0. The zero-order valence-electron chi connectivity index (χ0n) is 29.8. The predicted molar refractivity (Wildman–Crippen MR) is 229 cm³/mol. The molecule has 1 aliphatic rings. The van der Waals surface area contributed by atoms with Crippen LogP contribution < -0.4 is 5.32 Å². The quantitative estimate of drug-likeness (QED) is 0.181. The topological polar surface area (TPSA) is 49.9 Å². The van der Waals surface area contributed by atoms with Gasteiger partial charge in [-0.1, -0.05) is 164 Å². The van der Waals surface area contributed by atoms with E-state index in [1.165, 1.54) is 38.1 Å². The Balaban J connectivity index is 1.06. The van der Waals surface area contributed by atoms with Crippen LogP contribution in [0.2, 0.25) is 0 Å². The molecule has 9 aromatic carbocycles. The number of aliphatic imine (C=N–C) groups is 2. The van der Waals surface area contributed by atoms with Crippen molar-refractivity contribution in [1.29, 1.82) is 0 Å². The number of amidine groups is 2. The van der Waals surface area contributed by atoms with E-state index in [1.54, 1.807) is 0 Å². The van der Waals surface area contributed by atoms with E-state index in [1.807, 2.05) is 36.4 Å². The van der Waals surface area contributed by atoms with Crippen molar-refractivity contribution in [1.82, 2.24) is 5.32 Å². The molecule has 258 valence electrons. The molecule has 1 aromatic heterocycles. The van der Waals surface area contributed by atoms with E-state index >= 15 is 0 Å². The van der Waals surface area contributed by atoms with Gasteiger partial charge < -0.3 is 9.73 Å². The van der Waals surface area contributed by atoms with Crippen LogP contribution in [0.3, 0.4) is 0 Å². The summed E-state index contributed by atoms with van der Waals surface area (Å²) in [7, 11) is 0. The molecule has 0 fully saturated rings. The lowest BCUT2D eigenvalue weighted by Gasteiger charge is -2.23. The number of fused-ring (bicyclic) bond motifs is 8. The molecule has 4 heteroatoms. The third-order valence-electron chi connectivity index (χ3n) is 10.9. The summed E-state index contributed by atoms with van der Waals surface area (Å²) in [5.74, 6) is 1.54. The molecule has 0 bridgehead atoms. The SMILES string of the molecule is c1ccc(C2=NC(c3cccc4c3ccc3ccc5ccccc5c34)N=C(c3cccc4oc5cc(-c6cccc(-c7ccccc7)c6)ccc5c34)N2)cc1. The molecule has 0 saturated carbocycles. The van der Waals surface area contributed by atoms with Crippen LogP contribution in [0.15, 0.2) is 202 Å². The highest BCUT2D eigenvalue weighted by Crippen LogP contribution is 2.39. The monoisotopic (exact) mass is 703 g/mol. The van der Waals surface area contributed by atoms with Crippen LogP contribution in [0, 0.1) is 0 Å². The summed E-state index contributed by atoms with van der Waals surface area (Å²) >= 11 is 0. The van der Waals surface area contributed by atoms with E-state index in [0.717, 1.165) is 66.8 Å². The molecular formula is C51H33N3O. The lowest BCUT2D eigenvalue weighted by atomic mass is 9.93. The van der Waals surface area contributed by atoms with Crippen LogP contribution in [0.1, 0.15) is 22.9 Å². The fraction of sp³-hybridized carbons (Fsp3) is 0.0196.